The fourth-order valence-electron chi connectivity index (χ4n) is 12.6. The number of hydrogen-bond donors (Lipinski definition) is 0. The molecule has 0 bridgehead atoms. The van der Waals surface area contributed by atoms with Crippen LogP contribution in [0.1, 0.15) is 44.5 Å². The van der Waals surface area contributed by atoms with E-state index in [4.69, 9.17) is 0 Å². The molecular formula is C68H45N. The number of fused-ring (bicyclic) bond motifs is 13. The summed E-state index contributed by atoms with van der Waals surface area (Å²) >= 11 is 0. The fourth-order valence-corrected chi connectivity index (χ4v) is 12.6. The molecule has 3 aliphatic carbocycles. The van der Waals surface area contributed by atoms with Crippen molar-refractivity contribution in [1.82, 2.24) is 0 Å². The summed E-state index contributed by atoms with van der Waals surface area (Å²) < 4.78 is 0. The molecule has 69 heavy (non-hydrogen) atoms. The van der Waals surface area contributed by atoms with E-state index in [2.05, 4.69) is 278 Å². The minimum Gasteiger partial charge on any atom is -0.310 e. The van der Waals surface area contributed by atoms with E-state index < -0.39 is 10.8 Å². The van der Waals surface area contributed by atoms with E-state index in [1.54, 1.807) is 0 Å². The average Bonchev–Trinajstić information content (AvgIpc) is 4.02. The van der Waals surface area contributed by atoms with Gasteiger partial charge in [-0.25, -0.2) is 0 Å². The Morgan fingerprint density at radius 1 is 0.203 bits per heavy atom. The van der Waals surface area contributed by atoms with E-state index in [9.17, 15) is 0 Å². The maximum absolute atomic E-state index is 2.51. The second-order valence-electron chi connectivity index (χ2n) is 18.7. The van der Waals surface area contributed by atoms with E-state index in [-0.39, 0.29) is 0 Å². The lowest BCUT2D eigenvalue weighted by atomic mass is 9.67. The first kappa shape index (κ1) is 39.4. The van der Waals surface area contributed by atoms with Crippen LogP contribution in [0, 0.1) is 0 Å². The zero-order chi connectivity index (χ0) is 45.5. The third kappa shape index (κ3) is 5.65. The summed E-state index contributed by atoms with van der Waals surface area (Å²) in [6, 6.07) is 102. The molecule has 3 aliphatic rings. The Morgan fingerprint density at radius 2 is 0.536 bits per heavy atom. The van der Waals surface area contributed by atoms with Gasteiger partial charge in [0.05, 0.1) is 10.8 Å². The molecule has 322 valence electrons. The zero-order valence-electron chi connectivity index (χ0n) is 37.9. The van der Waals surface area contributed by atoms with Crippen LogP contribution in [0.15, 0.2) is 273 Å². The van der Waals surface area contributed by atoms with Crippen LogP contribution in [0.5, 0.6) is 0 Å². The molecule has 0 radical (unpaired) electrons. The van der Waals surface area contributed by atoms with Gasteiger partial charge in [0.1, 0.15) is 0 Å². The molecule has 1 heteroatoms. The van der Waals surface area contributed by atoms with Gasteiger partial charge in [-0.2, -0.15) is 0 Å². The van der Waals surface area contributed by atoms with Crippen LogP contribution < -0.4 is 4.90 Å². The molecule has 1 spiro atoms. The predicted octanol–water partition coefficient (Wildman–Crippen LogP) is 17.2. The van der Waals surface area contributed by atoms with Gasteiger partial charge in [-0.05, 0) is 137 Å². The Hall–Kier alpha value is -8.78. The van der Waals surface area contributed by atoms with E-state index >= 15 is 0 Å². The highest BCUT2D eigenvalue weighted by Crippen LogP contribution is 2.64. The van der Waals surface area contributed by atoms with E-state index in [1.807, 2.05) is 0 Å². The van der Waals surface area contributed by atoms with Crippen molar-refractivity contribution in [2.24, 2.45) is 0 Å². The van der Waals surface area contributed by atoms with Gasteiger partial charge < -0.3 is 4.90 Å². The summed E-state index contributed by atoms with van der Waals surface area (Å²) in [7, 11) is 0. The quantitative estimate of drug-likeness (QED) is 0.154. The third-order valence-corrected chi connectivity index (χ3v) is 15.4. The molecule has 0 saturated carbocycles. The van der Waals surface area contributed by atoms with Crippen LogP contribution in [0.25, 0.3) is 55.6 Å². The number of hydrogen-bond acceptors (Lipinski definition) is 1. The van der Waals surface area contributed by atoms with Gasteiger partial charge >= 0.3 is 0 Å². The fraction of sp³-hybridized carbons (Fsp3) is 0.0294. The number of rotatable bonds is 7. The van der Waals surface area contributed by atoms with Crippen molar-refractivity contribution in [2.75, 3.05) is 4.90 Å². The Bertz CT molecular complexity index is 3570. The second-order valence-corrected chi connectivity index (χ2v) is 18.7. The largest absolute Gasteiger partial charge is 0.310 e. The molecule has 11 aromatic rings. The summed E-state index contributed by atoms with van der Waals surface area (Å²) in [4.78, 5) is 2.51. The highest BCUT2D eigenvalue weighted by Gasteiger charge is 2.52. The molecule has 14 rings (SSSR count). The van der Waals surface area contributed by atoms with Gasteiger partial charge in [-0.1, -0.05) is 237 Å². The van der Waals surface area contributed by atoms with Crippen molar-refractivity contribution in [1.29, 1.82) is 0 Å². The van der Waals surface area contributed by atoms with Crippen LogP contribution in [-0.2, 0) is 10.8 Å². The molecular weight excluding hydrogens is 831 g/mol. The maximum atomic E-state index is 2.51. The second kappa shape index (κ2) is 15.4. The van der Waals surface area contributed by atoms with Crippen molar-refractivity contribution in [3.63, 3.8) is 0 Å². The van der Waals surface area contributed by atoms with Crippen LogP contribution >= 0.6 is 0 Å². The topological polar surface area (TPSA) is 3.24 Å². The Balaban J connectivity index is 1.02. The smallest absolute Gasteiger partial charge is 0.0726 e. The lowest BCUT2D eigenvalue weighted by molar-refractivity contribution is 0.768. The predicted molar refractivity (Wildman–Crippen MR) is 286 cm³/mol. The van der Waals surface area contributed by atoms with Crippen molar-refractivity contribution in [3.8, 4) is 55.6 Å². The third-order valence-electron chi connectivity index (χ3n) is 15.4. The summed E-state index contributed by atoms with van der Waals surface area (Å²) in [6.45, 7) is 0. The van der Waals surface area contributed by atoms with Gasteiger partial charge in [0.25, 0.3) is 0 Å². The summed E-state index contributed by atoms with van der Waals surface area (Å²) in [5.74, 6) is 0. The molecule has 1 nitrogen and oxygen atoms in total. The zero-order valence-corrected chi connectivity index (χ0v) is 37.9. The normalized spacial score (nSPS) is 13.7. The first-order chi connectivity index (χ1) is 34.2. The highest BCUT2D eigenvalue weighted by atomic mass is 15.1. The summed E-state index contributed by atoms with van der Waals surface area (Å²) in [5, 5.41) is 0. The molecule has 0 aromatic heterocycles. The molecule has 0 N–H and O–H groups in total. The van der Waals surface area contributed by atoms with Crippen molar-refractivity contribution >= 4 is 17.1 Å². The van der Waals surface area contributed by atoms with Crippen LogP contribution in [0.4, 0.5) is 17.1 Å². The van der Waals surface area contributed by atoms with Gasteiger partial charge in [0.15, 0.2) is 0 Å². The van der Waals surface area contributed by atoms with Crippen LogP contribution in [-0.4, -0.2) is 0 Å². The summed E-state index contributed by atoms with van der Waals surface area (Å²) in [6.07, 6.45) is 0. The standard InChI is InChI=1S/C68H45N/c1-4-19-46(20-5-1)47-35-37-48(38-36-47)49-21-18-26-52(43-49)69(53-39-41-59-57-29-10-14-31-61(57)67(65(59)44-53,50-22-6-2-7-23-50)51-24-8-3-9-25-51)54-40-42-60-58-30-13-17-34-64(58)68(66(60)45-54)62-32-15-11-27-55(62)56-28-12-16-33-63(56)68/h1-45H. The molecule has 0 heterocycles. The van der Waals surface area contributed by atoms with E-state index in [1.165, 1.54) is 94.6 Å². The number of benzene rings is 11. The van der Waals surface area contributed by atoms with E-state index in [0.717, 1.165) is 22.6 Å². The summed E-state index contributed by atoms with van der Waals surface area (Å²) in [5.41, 5.74) is 25.2. The lowest BCUT2D eigenvalue weighted by Crippen LogP contribution is -2.28. The first-order valence-corrected chi connectivity index (χ1v) is 24.1. The van der Waals surface area contributed by atoms with Crippen LogP contribution in [0.2, 0.25) is 0 Å². The Labute approximate surface area is 403 Å². The Morgan fingerprint density at radius 3 is 1.01 bits per heavy atom. The van der Waals surface area contributed by atoms with E-state index in [0.29, 0.717) is 0 Å². The Kier molecular flexibility index (Phi) is 8.78. The molecule has 0 amide bonds. The van der Waals surface area contributed by atoms with Gasteiger partial charge in [0, 0.05) is 17.1 Å². The number of anilines is 3. The monoisotopic (exact) mass is 875 g/mol. The SMILES string of the molecule is c1ccc(-c2ccc(-c3cccc(N(c4ccc5c(c4)C(c4ccccc4)(c4ccccc4)c4ccccc4-5)c4ccc5c(c4)C4(c6ccccc6-c6ccccc64)c4ccccc4-5)c3)cc2)cc1. The van der Waals surface area contributed by atoms with Gasteiger partial charge in [-0.3, -0.25) is 0 Å². The number of nitrogens with zero attached hydrogens (tertiary/aromatic N) is 1. The van der Waals surface area contributed by atoms with Gasteiger partial charge in [0.2, 0.25) is 0 Å². The molecule has 0 fully saturated rings. The molecule has 0 saturated heterocycles. The maximum Gasteiger partial charge on any atom is 0.0726 e. The van der Waals surface area contributed by atoms with Crippen molar-refractivity contribution in [3.05, 3.63) is 317 Å². The first-order valence-electron chi connectivity index (χ1n) is 24.1. The van der Waals surface area contributed by atoms with Crippen molar-refractivity contribution < 1.29 is 0 Å². The van der Waals surface area contributed by atoms with Gasteiger partial charge in [-0.15, -0.1) is 0 Å². The lowest BCUT2D eigenvalue weighted by Gasteiger charge is -2.35. The van der Waals surface area contributed by atoms with Crippen molar-refractivity contribution in [2.45, 2.75) is 10.8 Å². The molecule has 0 unspecified atom stereocenters. The van der Waals surface area contributed by atoms with Crippen LogP contribution in [0.3, 0.4) is 0 Å². The minimum absolute atomic E-state index is 0.474. The molecule has 11 aromatic carbocycles. The molecule has 0 atom stereocenters. The minimum atomic E-state index is -0.542. The molecule has 0 aliphatic heterocycles. The average molecular weight is 876 g/mol. The highest BCUT2D eigenvalue weighted by molar-refractivity contribution is 5.97.